The van der Waals surface area contributed by atoms with E-state index in [0.717, 1.165) is 24.8 Å². The van der Waals surface area contributed by atoms with Crippen LogP contribution in [-0.2, 0) is 16.0 Å². The van der Waals surface area contributed by atoms with Gasteiger partial charge in [-0.05, 0) is 36.8 Å². The lowest BCUT2D eigenvalue weighted by molar-refractivity contribution is -0.130. The fraction of sp³-hybridized carbons (Fsp3) is 0.412. The van der Waals surface area contributed by atoms with E-state index < -0.39 is 0 Å². The van der Waals surface area contributed by atoms with E-state index in [1.165, 1.54) is 0 Å². The summed E-state index contributed by atoms with van der Waals surface area (Å²) in [6.45, 7) is 1.90. The minimum Gasteiger partial charge on any atom is -0.483 e. The van der Waals surface area contributed by atoms with Crippen LogP contribution in [0.4, 0.5) is 0 Å². The molecule has 118 valence electrons. The summed E-state index contributed by atoms with van der Waals surface area (Å²) in [4.78, 5) is 23.4. The molecule has 0 fully saturated rings. The van der Waals surface area contributed by atoms with Gasteiger partial charge >= 0.3 is 0 Å². The van der Waals surface area contributed by atoms with E-state index in [1.54, 1.807) is 0 Å². The minimum absolute atomic E-state index is 0.124. The van der Waals surface area contributed by atoms with Gasteiger partial charge in [0, 0.05) is 6.42 Å². The maximum atomic E-state index is 11.7. The summed E-state index contributed by atoms with van der Waals surface area (Å²) in [5.74, 6) is 0.423. The van der Waals surface area contributed by atoms with Gasteiger partial charge in [-0.25, -0.2) is 0 Å². The van der Waals surface area contributed by atoms with E-state index in [1.807, 2.05) is 37.3 Å². The van der Waals surface area contributed by atoms with Crippen molar-refractivity contribution < 1.29 is 14.3 Å². The SMILES string of the molecule is CCc1ccccc1OCC(=O)NNC(=O)CC1C=CCC1. The molecule has 1 aromatic rings. The molecule has 0 saturated heterocycles. The highest BCUT2D eigenvalue weighted by Crippen LogP contribution is 2.20. The third-order valence-electron chi connectivity index (χ3n) is 3.61. The van der Waals surface area contributed by atoms with Gasteiger partial charge in [-0.1, -0.05) is 37.3 Å². The average molecular weight is 302 g/mol. The van der Waals surface area contributed by atoms with Crippen molar-refractivity contribution in [3.05, 3.63) is 42.0 Å². The highest BCUT2D eigenvalue weighted by Gasteiger charge is 2.14. The molecule has 1 aliphatic rings. The fourth-order valence-corrected chi connectivity index (χ4v) is 2.41. The van der Waals surface area contributed by atoms with Gasteiger partial charge in [0.2, 0.25) is 5.91 Å². The van der Waals surface area contributed by atoms with Crippen LogP contribution in [0.5, 0.6) is 5.75 Å². The summed E-state index contributed by atoms with van der Waals surface area (Å²) < 4.78 is 5.48. The minimum atomic E-state index is -0.374. The third-order valence-corrected chi connectivity index (χ3v) is 3.61. The number of para-hydroxylation sites is 1. The van der Waals surface area contributed by atoms with Crippen molar-refractivity contribution in [3.63, 3.8) is 0 Å². The molecular weight excluding hydrogens is 280 g/mol. The molecule has 1 aliphatic carbocycles. The molecule has 0 spiro atoms. The first-order valence-corrected chi connectivity index (χ1v) is 7.64. The van der Waals surface area contributed by atoms with Crippen LogP contribution >= 0.6 is 0 Å². The van der Waals surface area contributed by atoms with Gasteiger partial charge in [0.05, 0.1) is 0 Å². The molecule has 2 amide bonds. The van der Waals surface area contributed by atoms with Crippen molar-refractivity contribution in [2.45, 2.75) is 32.6 Å². The molecule has 0 radical (unpaired) electrons. The monoisotopic (exact) mass is 302 g/mol. The number of aryl methyl sites for hydroxylation is 1. The number of benzene rings is 1. The maximum Gasteiger partial charge on any atom is 0.276 e. The molecule has 0 aliphatic heterocycles. The molecule has 1 atom stereocenters. The highest BCUT2D eigenvalue weighted by atomic mass is 16.5. The molecule has 0 aromatic heterocycles. The quantitative estimate of drug-likeness (QED) is 0.625. The number of nitrogens with one attached hydrogen (secondary N) is 2. The van der Waals surface area contributed by atoms with Crippen molar-refractivity contribution in [3.8, 4) is 5.75 Å². The van der Waals surface area contributed by atoms with E-state index in [-0.39, 0.29) is 24.3 Å². The summed E-state index contributed by atoms with van der Waals surface area (Å²) >= 11 is 0. The van der Waals surface area contributed by atoms with Crippen LogP contribution < -0.4 is 15.6 Å². The Balaban J connectivity index is 1.69. The van der Waals surface area contributed by atoms with Crippen LogP contribution in [0, 0.1) is 5.92 Å². The zero-order valence-electron chi connectivity index (χ0n) is 12.8. The molecule has 5 nitrogen and oxygen atoms in total. The molecule has 2 N–H and O–H groups in total. The lowest BCUT2D eigenvalue weighted by Gasteiger charge is -2.12. The Bertz CT molecular complexity index is 555. The number of carbonyl (C=O) groups excluding carboxylic acids is 2. The van der Waals surface area contributed by atoms with Crippen LogP contribution in [0.2, 0.25) is 0 Å². The Labute approximate surface area is 130 Å². The predicted molar refractivity (Wildman–Crippen MR) is 84.1 cm³/mol. The third kappa shape index (κ3) is 4.91. The molecule has 22 heavy (non-hydrogen) atoms. The topological polar surface area (TPSA) is 67.4 Å². The molecular formula is C17H22N2O3. The van der Waals surface area contributed by atoms with Gasteiger partial charge in [0.15, 0.2) is 6.61 Å². The maximum absolute atomic E-state index is 11.7. The Hall–Kier alpha value is -2.30. The number of carbonyl (C=O) groups is 2. The smallest absolute Gasteiger partial charge is 0.276 e. The predicted octanol–water partition coefficient (Wildman–Crippen LogP) is 2.13. The van der Waals surface area contributed by atoms with E-state index in [0.29, 0.717) is 12.2 Å². The van der Waals surface area contributed by atoms with Crippen LogP contribution in [0.15, 0.2) is 36.4 Å². The summed E-state index contributed by atoms with van der Waals surface area (Å²) in [6.07, 6.45) is 7.38. The zero-order chi connectivity index (χ0) is 15.8. The van der Waals surface area contributed by atoms with Crippen LogP contribution in [0.3, 0.4) is 0 Å². The van der Waals surface area contributed by atoms with Gasteiger partial charge in [0.1, 0.15) is 5.75 Å². The summed E-state index contributed by atoms with van der Waals surface area (Å²) in [5, 5.41) is 0. The molecule has 1 unspecified atom stereocenters. The number of hydrogen-bond donors (Lipinski definition) is 2. The molecule has 0 saturated carbocycles. The molecule has 1 aromatic carbocycles. The lowest BCUT2D eigenvalue weighted by atomic mass is 10.1. The van der Waals surface area contributed by atoms with Crippen molar-refractivity contribution in [1.29, 1.82) is 0 Å². The first kappa shape index (κ1) is 16.1. The number of allylic oxidation sites excluding steroid dienone is 2. The van der Waals surface area contributed by atoms with Gasteiger partial charge in [-0.15, -0.1) is 0 Å². The highest BCUT2D eigenvalue weighted by molar-refractivity contribution is 5.82. The van der Waals surface area contributed by atoms with E-state index in [2.05, 4.69) is 16.9 Å². The van der Waals surface area contributed by atoms with Crippen LogP contribution in [0.1, 0.15) is 31.7 Å². The second-order valence-electron chi connectivity index (χ2n) is 5.32. The van der Waals surface area contributed by atoms with E-state index in [4.69, 9.17) is 4.74 Å². The molecule has 5 heteroatoms. The number of amides is 2. The van der Waals surface area contributed by atoms with Gasteiger partial charge < -0.3 is 4.74 Å². The Morgan fingerprint density at radius 2 is 2.00 bits per heavy atom. The summed E-state index contributed by atoms with van der Waals surface area (Å²) in [5.41, 5.74) is 5.85. The molecule has 0 bridgehead atoms. The zero-order valence-corrected chi connectivity index (χ0v) is 12.8. The lowest BCUT2D eigenvalue weighted by Crippen LogP contribution is -2.44. The Morgan fingerprint density at radius 3 is 2.73 bits per heavy atom. The fourth-order valence-electron chi connectivity index (χ4n) is 2.41. The number of ether oxygens (including phenoxy) is 1. The van der Waals surface area contributed by atoms with Gasteiger partial charge in [-0.2, -0.15) is 0 Å². The first-order chi connectivity index (χ1) is 10.7. The second-order valence-corrected chi connectivity index (χ2v) is 5.32. The average Bonchev–Trinajstić information content (AvgIpc) is 3.04. The Kier molecular flexibility index (Phi) is 6.01. The van der Waals surface area contributed by atoms with Crippen LogP contribution in [0.25, 0.3) is 0 Å². The van der Waals surface area contributed by atoms with Gasteiger partial charge in [-0.3, -0.25) is 20.4 Å². The number of hydrogen-bond acceptors (Lipinski definition) is 3. The number of rotatable bonds is 6. The normalized spacial score (nSPS) is 16.3. The van der Waals surface area contributed by atoms with E-state index in [9.17, 15) is 9.59 Å². The van der Waals surface area contributed by atoms with Crippen molar-refractivity contribution in [2.24, 2.45) is 5.92 Å². The van der Waals surface area contributed by atoms with Crippen LogP contribution in [-0.4, -0.2) is 18.4 Å². The number of hydrazine groups is 1. The first-order valence-electron chi connectivity index (χ1n) is 7.64. The van der Waals surface area contributed by atoms with Crippen molar-refractivity contribution >= 4 is 11.8 Å². The second kappa shape index (κ2) is 8.22. The standard InChI is InChI=1S/C17H22N2O3/c1-2-14-9-5-6-10-15(14)22-12-17(21)19-18-16(20)11-13-7-3-4-8-13/h3,5-7,9-10,13H,2,4,8,11-12H2,1H3,(H,18,20)(H,19,21). The summed E-state index contributed by atoms with van der Waals surface area (Å²) in [6, 6.07) is 7.59. The molecule has 0 heterocycles. The van der Waals surface area contributed by atoms with Crippen molar-refractivity contribution in [1.82, 2.24) is 10.9 Å². The van der Waals surface area contributed by atoms with Crippen molar-refractivity contribution in [2.75, 3.05) is 6.61 Å². The summed E-state index contributed by atoms with van der Waals surface area (Å²) in [7, 11) is 0. The van der Waals surface area contributed by atoms with E-state index >= 15 is 0 Å². The molecule has 2 rings (SSSR count). The van der Waals surface area contributed by atoms with Gasteiger partial charge in [0.25, 0.3) is 5.91 Å². The largest absolute Gasteiger partial charge is 0.483 e. The Morgan fingerprint density at radius 1 is 1.23 bits per heavy atom.